The zero-order chi connectivity index (χ0) is 20.4. The van der Waals surface area contributed by atoms with E-state index in [1.54, 1.807) is 23.7 Å². The van der Waals surface area contributed by atoms with Gasteiger partial charge in [0.2, 0.25) is 5.91 Å². The van der Waals surface area contributed by atoms with E-state index < -0.39 is 0 Å². The zero-order valence-electron chi connectivity index (χ0n) is 17.0. The molecule has 0 atom stereocenters. The molecule has 0 saturated heterocycles. The van der Waals surface area contributed by atoms with Crippen LogP contribution in [-0.4, -0.2) is 52.9 Å². The van der Waals surface area contributed by atoms with Gasteiger partial charge in [-0.1, -0.05) is 18.2 Å². The molecule has 1 aliphatic heterocycles. The lowest BCUT2D eigenvalue weighted by molar-refractivity contribution is -0.126. The molecule has 1 amide bonds. The summed E-state index contributed by atoms with van der Waals surface area (Å²) in [5, 5.41) is 4.54. The summed E-state index contributed by atoms with van der Waals surface area (Å²) in [6, 6.07) is 8.26. The lowest BCUT2D eigenvalue weighted by Crippen LogP contribution is -2.34. The zero-order valence-corrected chi connectivity index (χ0v) is 17.8. The molecule has 0 spiro atoms. The van der Waals surface area contributed by atoms with E-state index in [2.05, 4.69) is 34.3 Å². The summed E-state index contributed by atoms with van der Waals surface area (Å²) >= 11 is 1.66. The molecular formula is C22H25N5OS. The molecule has 6 nitrogen and oxygen atoms in total. The molecule has 2 aromatic heterocycles. The molecule has 0 fully saturated rings. The Hall–Kier alpha value is -2.77. The fourth-order valence-corrected chi connectivity index (χ4v) is 4.74. The molecule has 0 unspecified atom stereocenters. The fourth-order valence-electron chi connectivity index (χ4n) is 3.54. The van der Waals surface area contributed by atoms with Gasteiger partial charge in [0.1, 0.15) is 17.0 Å². The highest BCUT2D eigenvalue weighted by Gasteiger charge is 2.25. The molecule has 0 bridgehead atoms. The summed E-state index contributed by atoms with van der Waals surface area (Å²) in [6.45, 7) is 4.18. The highest BCUT2D eigenvalue weighted by atomic mass is 32.1. The first-order chi connectivity index (χ1) is 14.0. The van der Waals surface area contributed by atoms with Gasteiger partial charge in [-0.3, -0.25) is 4.79 Å². The van der Waals surface area contributed by atoms with Crippen molar-refractivity contribution in [2.75, 3.05) is 32.5 Å². The molecule has 3 heterocycles. The number of nitrogens with zero attached hydrogens (tertiary/aromatic N) is 4. The quantitative estimate of drug-likeness (QED) is 0.653. The van der Waals surface area contributed by atoms with Crippen LogP contribution in [-0.2, 0) is 17.8 Å². The Balaban J connectivity index is 1.59. The van der Waals surface area contributed by atoms with Crippen LogP contribution in [0.15, 0.2) is 42.7 Å². The summed E-state index contributed by atoms with van der Waals surface area (Å²) in [6.07, 6.45) is 6.02. The van der Waals surface area contributed by atoms with Gasteiger partial charge in [-0.25, -0.2) is 9.97 Å². The van der Waals surface area contributed by atoms with E-state index in [0.717, 1.165) is 34.7 Å². The third-order valence-electron chi connectivity index (χ3n) is 4.96. The summed E-state index contributed by atoms with van der Waals surface area (Å²) in [5.41, 5.74) is 3.48. The van der Waals surface area contributed by atoms with Crippen molar-refractivity contribution in [1.29, 1.82) is 0 Å². The van der Waals surface area contributed by atoms with Crippen molar-refractivity contribution in [3.05, 3.63) is 58.7 Å². The van der Waals surface area contributed by atoms with Crippen LogP contribution in [0.5, 0.6) is 0 Å². The molecule has 0 radical (unpaired) electrons. The molecule has 4 rings (SSSR count). The Morgan fingerprint density at radius 2 is 2.21 bits per heavy atom. The molecule has 29 heavy (non-hydrogen) atoms. The number of aryl methyl sites for hydroxylation is 1. The highest BCUT2D eigenvalue weighted by molar-refractivity contribution is 7.19. The maximum absolute atomic E-state index is 12.5. The monoisotopic (exact) mass is 407 g/mol. The van der Waals surface area contributed by atoms with Gasteiger partial charge in [-0.15, -0.1) is 11.3 Å². The third kappa shape index (κ3) is 4.31. The smallest absolute Gasteiger partial charge is 0.246 e. The van der Waals surface area contributed by atoms with Crippen molar-refractivity contribution in [2.24, 2.45) is 0 Å². The number of hydrogen-bond donors (Lipinski definition) is 1. The molecule has 0 aliphatic carbocycles. The Morgan fingerprint density at radius 1 is 1.34 bits per heavy atom. The fraction of sp³-hybridized carbons (Fsp3) is 0.318. The molecule has 0 saturated carbocycles. The van der Waals surface area contributed by atoms with Crippen LogP contribution in [0.4, 0.5) is 11.5 Å². The number of likely N-dealkylation sites (N-methyl/N-ethyl adjacent to an activating group) is 1. The summed E-state index contributed by atoms with van der Waals surface area (Å²) in [5.74, 6) is 0.905. The topological polar surface area (TPSA) is 61.4 Å². The van der Waals surface area contributed by atoms with Gasteiger partial charge < -0.3 is 15.1 Å². The van der Waals surface area contributed by atoms with Crippen LogP contribution in [0.3, 0.4) is 0 Å². The Labute approximate surface area is 174 Å². The Kier molecular flexibility index (Phi) is 5.60. The number of thiophene rings is 1. The van der Waals surface area contributed by atoms with Gasteiger partial charge in [-0.2, -0.15) is 0 Å². The van der Waals surface area contributed by atoms with Gasteiger partial charge in [0.25, 0.3) is 0 Å². The lowest BCUT2D eigenvalue weighted by atomic mass is 10.0. The average molecular weight is 408 g/mol. The number of anilines is 2. The number of carbonyl (C=O) groups excluding carboxylic acids is 1. The SMILES string of the molecule is Cc1cccc(Nc2ncnc3sc4c(c23)CCN(C(=O)/C=C/CN(C)C)C4)c1. The van der Waals surface area contributed by atoms with Gasteiger partial charge in [0.05, 0.1) is 11.9 Å². The second-order valence-electron chi connectivity index (χ2n) is 7.58. The average Bonchev–Trinajstić information content (AvgIpc) is 3.06. The summed E-state index contributed by atoms with van der Waals surface area (Å²) in [4.78, 5) is 27.6. The van der Waals surface area contributed by atoms with Crippen LogP contribution >= 0.6 is 11.3 Å². The van der Waals surface area contributed by atoms with Gasteiger partial charge in [0.15, 0.2) is 0 Å². The molecular weight excluding hydrogens is 382 g/mol. The number of amides is 1. The summed E-state index contributed by atoms with van der Waals surface area (Å²) < 4.78 is 0. The number of aromatic nitrogens is 2. The van der Waals surface area contributed by atoms with E-state index in [1.807, 2.05) is 42.1 Å². The second-order valence-corrected chi connectivity index (χ2v) is 8.66. The van der Waals surface area contributed by atoms with Crippen molar-refractivity contribution in [1.82, 2.24) is 19.8 Å². The number of fused-ring (bicyclic) bond motifs is 3. The number of nitrogens with one attached hydrogen (secondary N) is 1. The first-order valence-corrected chi connectivity index (χ1v) is 10.5. The van der Waals surface area contributed by atoms with Gasteiger partial charge in [-0.05, 0) is 50.7 Å². The highest BCUT2D eigenvalue weighted by Crippen LogP contribution is 2.38. The maximum Gasteiger partial charge on any atom is 0.246 e. The number of benzene rings is 1. The standard InChI is InChI=1S/C22H25N5OS/c1-15-6-4-7-16(12-15)25-21-20-17-9-11-27(19(28)8-5-10-26(2)3)13-18(17)29-22(20)24-14-23-21/h4-8,12,14H,9-11,13H2,1-3H3,(H,23,24,25)/b8-5+. The minimum absolute atomic E-state index is 0.0687. The van der Waals surface area contributed by atoms with Crippen LogP contribution in [0.1, 0.15) is 16.0 Å². The Morgan fingerprint density at radius 3 is 3.00 bits per heavy atom. The third-order valence-corrected chi connectivity index (χ3v) is 6.09. The molecule has 1 N–H and O–H groups in total. The van der Waals surface area contributed by atoms with Gasteiger partial charge in [0, 0.05) is 29.7 Å². The van der Waals surface area contributed by atoms with Crippen molar-refractivity contribution >= 4 is 39.0 Å². The molecule has 1 aromatic carbocycles. The van der Waals surface area contributed by atoms with Crippen LogP contribution in [0.2, 0.25) is 0 Å². The van der Waals surface area contributed by atoms with E-state index >= 15 is 0 Å². The summed E-state index contributed by atoms with van der Waals surface area (Å²) in [7, 11) is 3.98. The predicted octanol–water partition coefficient (Wildman–Crippen LogP) is 3.75. The number of rotatable bonds is 5. The first-order valence-electron chi connectivity index (χ1n) is 9.70. The molecule has 150 valence electrons. The molecule has 7 heteroatoms. The van der Waals surface area contributed by atoms with Crippen molar-refractivity contribution < 1.29 is 4.79 Å². The van der Waals surface area contributed by atoms with E-state index in [9.17, 15) is 4.79 Å². The van der Waals surface area contributed by atoms with Crippen molar-refractivity contribution in [2.45, 2.75) is 19.9 Å². The lowest BCUT2D eigenvalue weighted by Gasteiger charge is -2.26. The number of carbonyl (C=O) groups is 1. The normalized spacial score (nSPS) is 14.0. The van der Waals surface area contributed by atoms with Gasteiger partial charge >= 0.3 is 0 Å². The first kappa shape index (κ1) is 19.5. The van der Waals surface area contributed by atoms with E-state index in [-0.39, 0.29) is 5.91 Å². The Bertz CT molecular complexity index is 1070. The molecule has 1 aliphatic rings. The second kappa shape index (κ2) is 8.31. The van der Waals surface area contributed by atoms with Crippen LogP contribution < -0.4 is 5.32 Å². The predicted molar refractivity (Wildman–Crippen MR) is 119 cm³/mol. The minimum Gasteiger partial charge on any atom is -0.340 e. The van der Waals surface area contributed by atoms with Crippen molar-refractivity contribution in [3.8, 4) is 0 Å². The minimum atomic E-state index is 0.0687. The molecule has 3 aromatic rings. The maximum atomic E-state index is 12.5. The van der Waals surface area contributed by atoms with E-state index in [4.69, 9.17) is 0 Å². The van der Waals surface area contributed by atoms with E-state index in [1.165, 1.54) is 16.0 Å². The van der Waals surface area contributed by atoms with Crippen LogP contribution in [0, 0.1) is 6.92 Å². The van der Waals surface area contributed by atoms with E-state index in [0.29, 0.717) is 13.1 Å². The largest absolute Gasteiger partial charge is 0.340 e. The van der Waals surface area contributed by atoms with Crippen LogP contribution in [0.25, 0.3) is 10.2 Å². The van der Waals surface area contributed by atoms with Crippen molar-refractivity contribution in [3.63, 3.8) is 0 Å². The number of hydrogen-bond acceptors (Lipinski definition) is 6.